The highest BCUT2D eigenvalue weighted by Gasteiger charge is 2.26. The molecule has 3 heterocycles. The van der Waals surface area contributed by atoms with E-state index in [1.807, 2.05) is 16.7 Å². The van der Waals surface area contributed by atoms with Crippen molar-refractivity contribution in [3.05, 3.63) is 21.6 Å². The number of aromatic nitrogens is 2. The van der Waals surface area contributed by atoms with E-state index in [4.69, 9.17) is 4.74 Å². The summed E-state index contributed by atoms with van der Waals surface area (Å²) in [6, 6.07) is 0.277. The number of aromatic amines is 1. The number of nitrogens with zero attached hydrogens (tertiary/aromatic N) is 3. The molecular weight excluding hydrogens is 417 g/mol. The molecule has 2 N–H and O–H groups in total. The lowest BCUT2D eigenvalue weighted by Gasteiger charge is -2.28. The molecule has 3 rings (SSSR count). The molecule has 0 aliphatic carbocycles. The first-order chi connectivity index (χ1) is 13.1. The molecule has 29 heavy (non-hydrogen) atoms. The lowest BCUT2D eigenvalue weighted by atomic mass is 10.1. The molecule has 1 aromatic rings. The molecule has 2 fully saturated rings. The SMILES string of the molecule is CCCN(C(=O)CCc1c(C)nc(N2CCOCC2)[nH]c1=O)C1CCNC1.Cl.Cl. The normalized spacial score (nSPS) is 18.7. The first-order valence-corrected chi connectivity index (χ1v) is 10.0. The van der Waals surface area contributed by atoms with E-state index in [0.717, 1.165) is 45.6 Å². The summed E-state index contributed by atoms with van der Waals surface area (Å²) in [4.78, 5) is 36.8. The third-order valence-corrected chi connectivity index (χ3v) is 5.37. The summed E-state index contributed by atoms with van der Waals surface area (Å²) in [5.74, 6) is 0.724. The number of H-pyrrole nitrogens is 1. The van der Waals surface area contributed by atoms with Gasteiger partial charge >= 0.3 is 0 Å². The van der Waals surface area contributed by atoms with Crippen molar-refractivity contribution >= 4 is 36.7 Å². The second-order valence-corrected chi connectivity index (χ2v) is 7.29. The lowest BCUT2D eigenvalue weighted by molar-refractivity contribution is -0.133. The summed E-state index contributed by atoms with van der Waals surface area (Å²) < 4.78 is 5.35. The van der Waals surface area contributed by atoms with Crippen LogP contribution in [-0.4, -0.2) is 72.8 Å². The minimum Gasteiger partial charge on any atom is -0.378 e. The Kier molecular flexibility index (Phi) is 11.0. The number of ether oxygens (including phenoxy) is 1. The fourth-order valence-electron chi connectivity index (χ4n) is 3.85. The van der Waals surface area contributed by atoms with Crippen LogP contribution in [-0.2, 0) is 16.0 Å². The Labute approximate surface area is 184 Å². The van der Waals surface area contributed by atoms with E-state index in [-0.39, 0.29) is 42.3 Å². The predicted molar refractivity (Wildman–Crippen MR) is 119 cm³/mol. The highest BCUT2D eigenvalue weighted by molar-refractivity contribution is 5.85. The maximum Gasteiger partial charge on any atom is 0.255 e. The second kappa shape index (κ2) is 12.4. The van der Waals surface area contributed by atoms with Gasteiger partial charge in [0.15, 0.2) is 0 Å². The van der Waals surface area contributed by atoms with Gasteiger partial charge in [-0.2, -0.15) is 0 Å². The van der Waals surface area contributed by atoms with E-state index in [1.54, 1.807) is 0 Å². The monoisotopic (exact) mass is 449 g/mol. The molecule has 8 nitrogen and oxygen atoms in total. The molecule has 10 heteroatoms. The zero-order valence-electron chi connectivity index (χ0n) is 17.2. The van der Waals surface area contributed by atoms with Gasteiger partial charge in [-0.15, -0.1) is 24.8 Å². The fourth-order valence-corrected chi connectivity index (χ4v) is 3.85. The Morgan fingerprint density at radius 2 is 2.03 bits per heavy atom. The van der Waals surface area contributed by atoms with Gasteiger partial charge < -0.3 is 19.9 Å². The number of amides is 1. The molecule has 2 aliphatic rings. The molecule has 2 aliphatic heterocycles. The van der Waals surface area contributed by atoms with Crippen LogP contribution < -0.4 is 15.8 Å². The third kappa shape index (κ3) is 6.57. The van der Waals surface area contributed by atoms with E-state index in [0.29, 0.717) is 43.3 Å². The smallest absolute Gasteiger partial charge is 0.255 e. The first-order valence-electron chi connectivity index (χ1n) is 10.0. The zero-order valence-corrected chi connectivity index (χ0v) is 18.9. The molecule has 0 spiro atoms. The number of halogens is 2. The second-order valence-electron chi connectivity index (χ2n) is 7.29. The van der Waals surface area contributed by atoms with E-state index < -0.39 is 0 Å². The third-order valence-electron chi connectivity index (χ3n) is 5.37. The van der Waals surface area contributed by atoms with E-state index in [2.05, 4.69) is 22.2 Å². The maximum atomic E-state index is 12.8. The van der Waals surface area contributed by atoms with Gasteiger partial charge in [0.05, 0.1) is 13.2 Å². The molecule has 1 atom stereocenters. The van der Waals surface area contributed by atoms with Crippen molar-refractivity contribution in [2.45, 2.75) is 45.6 Å². The van der Waals surface area contributed by atoms with E-state index in [1.165, 1.54) is 0 Å². The summed E-state index contributed by atoms with van der Waals surface area (Å²) in [5.41, 5.74) is 1.18. The van der Waals surface area contributed by atoms with Crippen LogP contribution in [0.4, 0.5) is 5.95 Å². The Hall–Kier alpha value is -1.35. The topological polar surface area (TPSA) is 90.6 Å². The summed E-state index contributed by atoms with van der Waals surface area (Å²) in [5, 5.41) is 3.32. The Morgan fingerprint density at radius 1 is 1.31 bits per heavy atom. The number of aryl methyl sites for hydroxylation is 1. The van der Waals surface area contributed by atoms with Crippen LogP contribution in [0, 0.1) is 6.92 Å². The Bertz CT molecular complexity index is 704. The highest BCUT2D eigenvalue weighted by atomic mass is 35.5. The van der Waals surface area contributed by atoms with Gasteiger partial charge in [0.2, 0.25) is 11.9 Å². The standard InChI is InChI=1S/C19H31N5O3.2ClH/c1-3-8-24(15-6-7-20-13-15)17(25)5-4-16-14(2)21-19(22-18(16)26)23-9-11-27-12-10-23;;/h15,20H,3-13H2,1-2H3,(H,21,22,26);2*1H. The van der Waals surface area contributed by atoms with Crippen molar-refractivity contribution in [1.29, 1.82) is 0 Å². The predicted octanol–water partition coefficient (Wildman–Crippen LogP) is 1.29. The number of morpholine rings is 1. The lowest BCUT2D eigenvalue weighted by Crippen LogP contribution is -2.42. The Morgan fingerprint density at radius 3 is 2.62 bits per heavy atom. The van der Waals surface area contributed by atoms with Crippen LogP contribution in [0.15, 0.2) is 4.79 Å². The summed E-state index contributed by atoms with van der Waals surface area (Å²) >= 11 is 0. The van der Waals surface area contributed by atoms with Crippen molar-refractivity contribution < 1.29 is 9.53 Å². The molecule has 2 saturated heterocycles. The molecule has 0 saturated carbocycles. The van der Waals surface area contributed by atoms with Crippen molar-refractivity contribution in [3.63, 3.8) is 0 Å². The van der Waals surface area contributed by atoms with Gasteiger partial charge in [-0.05, 0) is 32.7 Å². The van der Waals surface area contributed by atoms with Gasteiger partial charge in [-0.3, -0.25) is 14.6 Å². The average Bonchev–Trinajstić information content (AvgIpc) is 3.20. The number of carbonyl (C=O) groups is 1. The molecular formula is C19H33Cl2N5O3. The van der Waals surface area contributed by atoms with Crippen LogP contribution in [0.2, 0.25) is 0 Å². The number of anilines is 1. The summed E-state index contributed by atoms with van der Waals surface area (Å²) in [6.45, 7) is 9.27. The van der Waals surface area contributed by atoms with Crippen LogP contribution in [0.5, 0.6) is 0 Å². The molecule has 1 unspecified atom stereocenters. The van der Waals surface area contributed by atoms with Gasteiger partial charge in [-0.1, -0.05) is 6.92 Å². The number of carbonyl (C=O) groups excluding carboxylic acids is 1. The Balaban J connectivity index is 0.00000210. The van der Waals surface area contributed by atoms with Crippen LogP contribution >= 0.6 is 24.8 Å². The maximum absolute atomic E-state index is 12.8. The first kappa shape index (κ1) is 25.7. The molecule has 1 aromatic heterocycles. The molecule has 0 radical (unpaired) electrons. The van der Waals surface area contributed by atoms with Gasteiger partial charge in [-0.25, -0.2) is 4.98 Å². The number of rotatable bonds is 7. The van der Waals surface area contributed by atoms with Crippen LogP contribution in [0.25, 0.3) is 0 Å². The zero-order chi connectivity index (χ0) is 19.2. The average molecular weight is 450 g/mol. The van der Waals surface area contributed by atoms with Gasteiger partial charge in [0, 0.05) is 49.9 Å². The van der Waals surface area contributed by atoms with E-state index >= 15 is 0 Å². The van der Waals surface area contributed by atoms with Crippen molar-refractivity contribution in [1.82, 2.24) is 20.2 Å². The molecule has 0 bridgehead atoms. The van der Waals surface area contributed by atoms with Crippen molar-refractivity contribution in [2.24, 2.45) is 0 Å². The van der Waals surface area contributed by atoms with Crippen molar-refractivity contribution in [2.75, 3.05) is 50.8 Å². The fraction of sp³-hybridized carbons (Fsp3) is 0.737. The van der Waals surface area contributed by atoms with Crippen LogP contribution in [0.3, 0.4) is 0 Å². The van der Waals surface area contributed by atoms with Crippen LogP contribution in [0.1, 0.15) is 37.4 Å². The number of nitrogens with one attached hydrogen (secondary N) is 2. The molecule has 1 amide bonds. The largest absolute Gasteiger partial charge is 0.378 e. The quantitative estimate of drug-likeness (QED) is 0.651. The molecule has 166 valence electrons. The highest BCUT2D eigenvalue weighted by Crippen LogP contribution is 2.14. The van der Waals surface area contributed by atoms with Gasteiger partial charge in [0.1, 0.15) is 0 Å². The van der Waals surface area contributed by atoms with E-state index in [9.17, 15) is 9.59 Å². The summed E-state index contributed by atoms with van der Waals surface area (Å²) in [6.07, 6.45) is 2.72. The minimum absolute atomic E-state index is 0. The minimum atomic E-state index is -0.138. The number of hydrogen-bond donors (Lipinski definition) is 2. The molecule has 0 aromatic carbocycles. The van der Waals surface area contributed by atoms with Crippen molar-refractivity contribution in [3.8, 4) is 0 Å². The number of hydrogen-bond acceptors (Lipinski definition) is 6. The summed E-state index contributed by atoms with van der Waals surface area (Å²) in [7, 11) is 0. The van der Waals surface area contributed by atoms with Gasteiger partial charge in [0.25, 0.3) is 5.56 Å².